The number of benzene rings is 1. The zero-order valence-corrected chi connectivity index (χ0v) is 14.9. The van der Waals surface area contributed by atoms with Crippen LogP contribution in [0.5, 0.6) is 5.75 Å². The Kier molecular flexibility index (Phi) is 5.80. The molecule has 3 aromatic rings. The number of carboxylic acid groups (broad SMARTS) is 1. The molecule has 3 rings (SSSR count). The molecule has 7 heteroatoms. The van der Waals surface area contributed by atoms with E-state index in [0.717, 1.165) is 17.0 Å². The van der Waals surface area contributed by atoms with Crippen molar-refractivity contribution in [2.24, 2.45) is 0 Å². The minimum atomic E-state index is -0.943. The second kappa shape index (κ2) is 8.44. The first kappa shape index (κ1) is 18.6. The summed E-state index contributed by atoms with van der Waals surface area (Å²) >= 11 is 0. The van der Waals surface area contributed by atoms with Crippen LogP contribution in [0, 0.1) is 5.82 Å². The predicted molar refractivity (Wildman–Crippen MR) is 98.1 cm³/mol. The van der Waals surface area contributed by atoms with Crippen LogP contribution in [0.1, 0.15) is 30.4 Å². The number of hydrogen-bond donors (Lipinski definition) is 2. The molecule has 0 aliphatic rings. The van der Waals surface area contributed by atoms with Gasteiger partial charge in [-0.1, -0.05) is 19.1 Å². The highest BCUT2D eigenvalue weighted by atomic mass is 19.1. The minimum Gasteiger partial charge on any atom is -0.492 e. The van der Waals surface area contributed by atoms with Crippen molar-refractivity contribution in [3.05, 3.63) is 65.7 Å². The van der Waals surface area contributed by atoms with E-state index in [0.29, 0.717) is 24.3 Å². The van der Waals surface area contributed by atoms with E-state index in [1.165, 1.54) is 6.07 Å². The lowest BCUT2D eigenvalue weighted by molar-refractivity contribution is -0.137. The van der Waals surface area contributed by atoms with Crippen LogP contribution < -0.4 is 4.74 Å². The first-order chi connectivity index (χ1) is 13.0. The molecule has 1 unspecified atom stereocenters. The molecule has 1 atom stereocenters. The zero-order chi connectivity index (χ0) is 19.2. The van der Waals surface area contributed by atoms with Crippen molar-refractivity contribution >= 4 is 5.97 Å². The third-order valence-electron chi connectivity index (χ3n) is 4.24. The number of aliphatic carboxylic acids is 1. The molecule has 0 spiro atoms. The second-order valence-electron chi connectivity index (χ2n) is 6.30. The molecule has 0 aliphatic carbocycles. The Morgan fingerprint density at radius 3 is 2.81 bits per heavy atom. The van der Waals surface area contributed by atoms with E-state index in [9.17, 15) is 9.18 Å². The lowest BCUT2D eigenvalue weighted by Gasteiger charge is -2.13. The van der Waals surface area contributed by atoms with E-state index in [4.69, 9.17) is 9.84 Å². The van der Waals surface area contributed by atoms with Gasteiger partial charge in [-0.3, -0.25) is 14.9 Å². The Hall–Kier alpha value is -3.22. The Morgan fingerprint density at radius 1 is 1.30 bits per heavy atom. The van der Waals surface area contributed by atoms with Gasteiger partial charge in [-0.25, -0.2) is 4.39 Å². The summed E-state index contributed by atoms with van der Waals surface area (Å²) in [7, 11) is 0. The number of nitrogens with one attached hydrogen (secondary N) is 1. The van der Waals surface area contributed by atoms with Gasteiger partial charge in [-0.05, 0) is 41.3 Å². The molecule has 0 amide bonds. The fourth-order valence-corrected chi connectivity index (χ4v) is 2.81. The smallest absolute Gasteiger partial charge is 0.303 e. The first-order valence-corrected chi connectivity index (χ1v) is 8.61. The normalized spacial score (nSPS) is 11.9. The van der Waals surface area contributed by atoms with Gasteiger partial charge >= 0.3 is 5.97 Å². The number of ether oxygens (including phenoxy) is 1. The Bertz CT molecular complexity index is 895. The standard InChI is InChI=1S/C20H20FN3O3/c1-13(10-20(25)26)16-11-14(2-4-17(16)21)7-9-27-15-3-5-18(22-12-15)19-6-8-23-24-19/h2-6,8,11-13H,7,9-10H2,1H3,(H,23,24)(H,25,26). The summed E-state index contributed by atoms with van der Waals surface area (Å²) in [5.74, 6) is -1.07. The number of nitrogens with zero attached hydrogens (tertiary/aromatic N) is 2. The summed E-state index contributed by atoms with van der Waals surface area (Å²) < 4.78 is 19.7. The van der Waals surface area contributed by atoms with Crippen LogP contribution in [0.15, 0.2) is 48.8 Å². The minimum absolute atomic E-state index is 0.106. The summed E-state index contributed by atoms with van der Waals surface area (Å²) in [6.45, 7) is 2.11. The van der Waals surface area contributed by atoms with Gasteiger partial charge in [0.1, 0.15) is 11.6 Å². The average Bonchev–Trinajstić information content (AvgIpc) is 3.18. The number of H-pyrrole nitrogens is 1. The molecule has 0 saturated carbocycles. The van der Waals surface area contributed by atoms with Crippen LogP contribution in [0.4, 0.5) is 4.39 Å². The summed E-state index contributed by atoms with van der Waals surface area (Å²) in [4.78, 5) is 15.2. The van der Waals surface area contributed by atoms with Gasteiger partial charge in [0, 0.05) is 12.6 Å². The van der Waals surface area contributed by atoms with Gasteiger partial charge in [0.25, 0.3) is 0 Å². The van der Waals surface area contributed by atoms with Crippen LogP contribution >= 0.6 is 0 Å². The van der Waals surface area contributed by atoms with E-state index in [1.54, 1.807) is 31.5 Å². The van der Waals surface area contributed by atoms with E-state index < -0.39 is 5.97 Å². The number of carboxylic acids is 1. The summed E-state index contributed by atoms with van der Waals surface area (Å²) in [6, 6.07) is 10.3. The van der Waals surface area contributed by atoms with E-state index in [1.807, 2.05) is 18.2 Å². The van der Waals surface area contributed by atoms with Crippen LogP contribution in [-0.2, 0) is 11.2 Å². The monoisotopic (exact) mass is 369 g/mol. The van der Waals surface area contributed by atoms with E-state index in [-0.39, 0.29) is 18.2 Å². The Morgan fingerprint density at radius 2 is 2.15 bits per heavy atom. The predicted octanol–water partition coefficient (Wildman–Crippen LogP) is 3.81. The van der Waals surface area contributed by atoms with Gasteiger partial charge in [0.15, 0.2) is 0 Å². The van der Waals surface area contributed by atoms with Crippen LogP contribution in [0.2, 0.25) is 0 Å². The second-order valence-corrected chi connectivity index (χ2v) is 6.30. The highest BCUT2D eigenvalue weighted by Crippen LogP contribution is 2.24. The highest BCUT2D eigenvalue weighted by molar-refractivity contribution is 5.68. The van der Waals surface area contributed by atoms with Crippen LogP contribution in [0.25, 0.3) is 11.4 Å². The number of aromatic nitrogens is 3. The quantitative estimate of drug-likeness (QED) is 0.630. The Labute approximate surface area is 156 Å². The Balaban J connectivity index is 1.58. The molecule has 6 nitrogen and oxygen atoms in total. The molecule has 0 radical (unpaired) electrons. The lowest BCUT2D eigenvalue weighted by atomic mass is 9.95. The van der Waals surface area contributed by atoms with Gasteiger partial charge in [-0.15, -0.1) is 0 Å². The summed E-state index contributed by atoms with van der Waals surface area (Å²) in [6.07, 6.45) is 3.78. The van der Waals surface area contributed by atoms with Crippen LogP contribution in [0.3, 0.4) is 0 Å². The first-order valence-electron chi connectivity index (χ1n) is 8.61. The van der Waals surface area contributed by atoms with Crippen molar-refractivity contribution in [1.29, 1.82) is 0 Å². The topological polar surface area (TPSA) is 88.1 Å². The third kappa shape index (κ3) is 4.91. The molecule has 27 heavy (non-hydrogen) atoms. The third-order valence-corrected chi connectivity index (χ3v) is 4.24. The fourth-order valence-electron chi connectivity index (χ4n) is 2.81. The van der Waals surface area contributed by atoms with Crippen molar-refractivity contribution in [2.75, 3.05) is 6.61 Å². The number of aromatic amines is 1. The van der Waals surface area contributed by atoms with Crippen molar-refractivity contribution in [1.82, 2.24) is 15.2 Å². The SMILES string of the molecule is CC(CC(=O)O)c1cc(CCOc2ccc(-c3ccn[nH]3)nc2)ccc1F. The van der Waals surface area contributed by atoms with Gasteiger partial charge in [-0.2, -0.15) is 5.10 Å². The maximum atomic E-state index is 14.0. The number of carbonyl (C=O) groups is 1. The molecule has 2 N–H and O–H groups in total. The molecule has 2 heterocycles. The van der Waals surface area contributed by atoms with Crippen molar-refractivity contribution < 1.29 is 19.0 Å². The molecule has 0 aliphatic heterocycles. The molecule has 0 saturated heterocycles. The maximum Gasteiger partial charge on any atom is 0.303 e. The number of halogens is 1. The molecule has 1 aromatic carbocycles. The molecule has 0 fully saturated rings. The number of hydrogen-bond acceptors (Lipinski definition) is 4. The highest BCUT2D eigenvalue weighted by Gasteiger charge is 2.15. The lowest BCUT2D eigenvalue weighted by Crippen LogP contribution is -2.07. The largest absolute Gasteiger partial charge is 0.492 e. The number of pyridine rings is 1. The van der Waals surface area contributed by atoms with E-state index in [2.05, 4.69) is 15.2 Å². The molecular weight excluding hydrogens is 349 g/mol. The van der Waals surface area contributed by atoms with E-state index >= 15 is 0 Å². The van der Waals surface area contributed by atoms with Crippen molar-refractivity contribution in [3.63, 3.8) is 0 Å². The van der Waals surface area contributed by atoms with Gasteiger partial charge in [0.05, 0.1) is 30.6 Å². The molecular formula is C20H20FN3O3. The molecule has 0 bridgehead atoms. The van der Waals surface area contributed by atoms with Gasteiger partial charge < -0.3 is 9.84 Å². The number of rotatable bonds is 8. The summed E-state index contributed by atoms with van der Waals surface area (Å²) in [5.41, 5.74) is 2.91. The molecule has 140 valence electrons. The van der Waals surface area contributed by atoms with Gasteiger partial charge in [0.2, 0.25) is 0 Å². The average molecular weight is 369 g/mol. The maximum absolute atomic E-state index is 14.0. The zero-order valence-electron chi connectivity index (χ0n) is 14.9. The van der Waals surface area contributed by atoms with Crippen molar-refractivity contribution in [2.45, 2.75) is 25.7 Å². The van der Waals surface area contributed by atoms with Crippen molar-refractivity contribution in [3.8, 4) is 17.1 Å². The fraction of sp³-hybridized carbons (Fsp3) is 0.250. The van der Waals surface area contributed by atoms with Crippen LogP contribution in [-0.4, -0.2) is 32.9 Å². The molecule has 2 aromatic heterocycles. The summed E-state index contributed by atoms with van der Waals surface area (Å²) in [5, 5.41) is 15.6.